The van der Waals surface area contributed by atoms with Crippen molar-refractivity contribution in [2.75, 3.05) is 26.2 Å². The summed E-state index contributed by atoms with van der Waals surface area (Å²) in [4.78, 5) is 28.5. The Morgan fingerprint density at radius 2 is 2.13 bits per heavy atom. The fourth-order valence-electron chi connectivity index (χ4n) is 3.05. The number of rotatable bonds is 5. The Hall–Kier alpha value is -1.85. The van der Waals surface area contributed by atoms with E-state index in [1.807, 2.05) is 11.0 Å². The molecule has 2 aliphatic rings. The fourth-order valence-corrected chi connectivity index (χ4v) is 3.05. The molecule has 0 bridgehead atoms. The zero-order chi connectivity index (χ0) is 16.4. The zero-order valence-corrected chi connectivity index (χ0v) is 14.0. The van der Waals surface area contributed by atoms with Crippen molar-refractivity contribution in [2.45, 2.75) is 39.5 Å². The lowest BCUT2D eigenvalue weighted by atomic mass is 10.1. The summed E-state index contributed by atoms with van der Waals surface area (Å²) >= 11 is 0. The summed E-state index contributed by atoms with van der Waals surface area (Å²) in [5, 5.41) is 7.11. The second-order valence-electron chi connectivity index (χ2n) is 7.20. The molecular formula is C17H26N4O2. The van der Waals surface area contributed by atoms with Crippen molar-refractivity contribution in [3.63, 3.8) is 0 Å². The molecule has 1 saturated carbocycles. The average Bonchev–Trinajstić information content (AvgIpc) is 3.24. The summed E-state index contributed by atoms with van der Waals surface area (Å²) in [5.74, 6) is 1.31. The Kier molecular flexibility index (Phi) is 4.68. The van der Waals surface area contributed by atoms with Crippen LogP contribution in [0.15, 0.2) is 6.07 Å². The molecule has 2 fully saturated rings. The predicted octanol–water partition coefficient (Wildman–Crippen LogP) is 1.69. The van der Waals surface area contributed by atoms with E-state index in [0.29, 0.717) is 43.6 Å². The van der Waals surface area contributed by atoms with Crippen LogP contribution in [0.5, 0.6) is 0 Å². The number of aromatic nitrogens is 2. The first-order valence-corrected chi connectivity index (χ1v) is 8.64. The van der Waals surface area contributed by atoms with Crippen LogP contribution in [0.4, 0.5) is 0 Å². The van der Waals surface area contributed by atoms with Crippen molar-refractivity contribution in [1.82, 2.24) is 20.0 Å². The third-order valence-corrected chi connectivity index (χ3v) is 4.53. The van der Waals surface area contributed by atoms with Gasteiger partial charge in [0, 0.05) is 38.3 Å². The minimum atomic E-state index is -0.0719. The van der Waals surface area contributed by atoms with Crippen molar-refractivity contribution >= 4 is 11.8 Å². The molecule has 6 nitrogen and oxygen atoms in total. The van der Waals surface area contributed by atoms with Gasteiger partial charge in [-0.15, -0.1) is 0 Å². The van der Waals surface area contributed by atoms with E-state index in [2.05, 4.69) is 24.0 Å². The minimum absolute atomic E-state index is 0.0719. The molecule has 0 radical (unpaired) electrons. The van der Waals surface area contributed by atoms with Crippen LogP contribution in [0.2, 0.25) is 0 Å². The van der Waals surface area contributed by atoms with Crippen LogP contribution in [-0.4, -0.2) is 58.0 Å². The normalized spacial score (nSPS) is 19.3. The third kappa shape index (κ3) is 4.12. The molecule has 2 amide bonds. The van der Waals surface area contributed by atoms with Gasteiger partial charge in [0.2, 0.25) is 5.91 Å². The first-order valence-electron chi connectivity index (χ1n) is 8.64. The number of aromatic amines is 1. The minimum Gasteiger partial charge on any atom is -0.341 e. The number of hydrogen-bond donors (Lipinski definition) is 1. The fraction of sp³-hybridized carbons (Fsp3) is 0.706. The SMILES string of the molecule is CC(C)Cc1cc(C(=O)N2CCC(=O)N(CC3CC3)CC2)n[nH]1. The van der Waals surface area contributed by atoms with Gasteiger partial charge in [-0.2, -0.15) is 5.10 Å². The third-order valence-electron chi connectivity index (χ3n) is 4.53. The number of carbonyl (C=O) groups excluding carboxylic acids is 2. The van der Waals surface area contributed by atoms with E-state index >= 15 is 0 Å². The van der Waals surface area contributed by atoms with Gasteiger partial charge in [-0.3, -0.25) is 14.7 Å². The van der Waals surface area contributed by atoms with Crippen molar-refractivity contribution in [3.05, 3.63) is 17.5 Å². The van der Waals surface area contributed by atoms with Crippen LogP contribution in [0.1, 0.15) is 49.3 Å². The second kappa shape index (κ2) is 6.72. The van der Waals surface area contributed by atoms with Crippen LogP contribution in [-0.2, 0) is 11.2 Å². The molecule has 23 heavy (non-hydrogen) atoms. The first kappa shape index (κ1) is 16.0. The summed E-state index contributed by atoms with van der Waals surface area (Å²) in [6.07, 6.45) is 3.77. The maximum atomic E-state index is 12.6. The number of nitrogens with zero attached hydrogens (tertiary/aromatic N) is 3. The van der Waals surface area contributed by atoms with E-state index in [1.165, 1.54) is 12.8 Å². The van der Waals surface area contributed by atoms with E-state index < -0.39 is 0 Å². The highest BCUT2D eigenvalue weighted by Gasteiger charge is 2.30. The topological polar surface area (TPSA) is 69.3 Å². The van der Waals surface area contributed by atoms with E-state index in [4.69, 9.17) is 0 Å². The summed E-state index contributed by atoms with van der Waals surface area (Å²) in [6, 6.07) is 1.84. The number of H-pyrrole nitrogens is 1. The molecule has 1 aromatic heterocycles. The standard InChI is InChI=1S/C17H26N4O2/c1-12(2)9-14-10-15(19-18-14)17(23)20-6-5-16(22)21(8-7-20)11-13-3-4-13/h10,12-13H,3-9,11H2,1-2H3,(H,18,19). The Morgan fingerprint density at radius 3 is 2.83 bits per heavy atom. The van der Waals surface area contributed by atoms with Gasteiger partial charge in [0.05, 0.1) is 0 Å². The Labute approximate surface area is 137 Å². The number of amides is 2. The molecule has 0 spiro atoms. The van der Waals surface area contributed by atoms with Crippen LogP contribution in [0, 0.1) is 11.8 Å². The average molecular weight is 318 g/mol. The summed E-state index contributed by atoms with van der Waals surface area (Å²) in [6.45, 7) is 6.87. The van der Waals surface area contributed by atoms with Gasteiger partial charge in [-0.1, -0.05) is 13.8 Å². The smallest absolute Gasteiger partial charge is 0.274 e. The Bertz CT molecular complexity index is 577. The van der Waals surface area contributed by atoms with Crippen molar-refractivity contribution in [2.24, 2.45) is 11.8 Å². The summed E-state index contributed by atoms with van der Waals surface area (Å²) in [7, 11) is 0. The van der Waals surface area contributed by atoms with Crippen molar-refractivity contribution in [3.8, 4) is 0 Å². The second-order valence-corrected chi connectivity index (χ2v) is 7.20. The lowest BCUT2D eigenvalue weighted by Crippen LogP contribution is -2.36. The Balaban J connectivity index is 1.60. The molecule has 0 atom stereocenters. The quantitative estimate of drug-likeness (QED) is 0.898. The number of hydrogen-bond acceptors (Lipinski definition) is 3. The molecule has 1 aliphatic carbocycles. The van der Waals surface area contributed by atoms with Gasteiger partial charge in [-0.05, 0) is 37.2 Å². The molecule has 1 saturated heterocycles. The maximum Gasteiger partial charge on any atom is 0.274 e. The summed E-state index contributed by atoms with van der Waals surface area (Å²) < 4.78 is 0. The molecule has 1 aromatic rings. The highest BCUT2D eigenvalue weighted by Crippen LogP contribution is 2.30. The van der Waals surface area contributed by atoms with E-state index in [-0.39, 0.29) is 11.8 Å². The van der Waals surface area contributed by atoms with E-state index in [1.54, 1.807) is 4.90 Å². The molecule has 6 heteroatoms. The molecule has 2 heterocycles. The predicted molar refractivity (Wildman–Crippen MR) is 87.0 cm³/mol. The van der Waals surface area contributed by atoms with Gasteiger partial charge in [-0.25, -0.2) is 0 Å². The monoisotopic (exact) mass is 318 g/mol. The van der Waals surface area contributed by atoms with Gasteiger partial charge in [0.1, 0.15) is 5.69 Å². The van der Waals surface area contributed by atoms with Gasteiger partial charge in [0.15, 0.2) is 0 Å². The molecule has 1 N–H and O–H groups in total. The largest absolute Gasteiger partial charge is 0.341 e. The van der Waals surface area contributed by atoms with E-state index in [9.17, 15) is 9.59 Å². The highest BCUT2D eigenvalue weighted by molar-refractivity contribution is 5.93. The van der Waals surface area contributed by atoms with Gasteiger partial charge >= 0.3 is 0 Å². The molecule has 0 aromatic carbocycles. The number of carbonyl (C=O) groups is 2. The van der Waals surface area contributed by atoms with Crippen LogP contribution >= 0.6 is 0 Å². The van der Waals surface area contributed by atoms with Gasteiger partial charge < -0.3 is 9.80 Å². The zero-order valence-electron chi connectivity index (χ0n) is 14.0. The van der Waals surface area contributed by atoms with Crippen LogP contribution in [0.25, 0.3) is 0 Å². The van der Waals surface area contributed by atoms with Gasteiger partial charge in [0.25, 0.3) is 5.91 Å². The number of nitrogens with one attached hydrogen (secondary N) is 1. The highest BCUT2D eigenvalue weighted by atomic mass is 16.2. The molecular weight excluding hydrogens is 292 g/mol. The maximum absolute atomic E-state index is 12.6. The lowest BCUT2D eigenvalue weighted by Gasteiger charge is -2.21. The van der Waals surface area contributed by atoms with Crippen LogP contribution < -0.4 is 0 Å². The van der Waals surface area contributed by atoms with E-state index in [0.717, 1.165) is 18.7 Å². The first-order chi connectivity index (χ1) is 11.0. The van der Waals surface area contributed by atoms with Crippen LogP contribution in [0.3, 0.4) is 0 Å². The molecule has 1 aliphatic heterocycles. The Morgan fingerprint density at radius 1 is 1.35 bits per heavy atom. The lowest BCUT2D eigenvalue weighted by molar-refractivity contribution is -0.130. The van der Waals surface area contributed by atoms with Crippen molar-refractivity contribution in [1.29, 1.82) is 0 Å². The molecule has 3 rings (SSSR count). The molecule has 0 unspecified atom stereocenters. The van der Waals surface area contributed by atoms with Crippen molar-refractivity contribution < 1.29 is 9.59 Å². The molecule has 126 valence electrons. The summed E-state index contributed by atoms with van der Waals surface area (Å²) in [5.41, 5.74) is 1.45.